The van der Waals surface area contributed by atoms with Crippen molar-refractivity contribution in [1.82, 2.24) is 14.4 Å². The number of fused-ring (bicyclic) bond motifs is 1. The van der Waals surface area contributed by atoms with Gasteiger partial charge in [-0.3, -0.25) is 4.79 Å². The number of para-hydroxylation sites is 1. The number of ether oxygens (including phenoxy) is 1. The lowest BCUT2D eigenvalue weighted by Gasteiger charge is -2.33. The molecule has 122 valence electrons. The Morgan fingerprint density at radius 1 is 1.04 bits per heavy atom. The Balaban J connectivity index is 1.85. The average molecular weight is 315 g/mol. The summed E-state index contributed by atoms with van der Waals surface area (Å²) in [5.74, 6) is 0.0313. The zero-order valence-corrected chi connectivity index (χ0v) is 13.7. The summed E-state index contributed by atoms with van der Waals surface area (Å²) in [5, 5.41) is 0.980. The van der Waals surface area contributed by atoms with E-state index in [9.17, 15) is 9.59 Å². The van der Waals surface area contributed by atoms with Crippen LogP contribution in [0.25, 0.3) is 10.9 Å². The van der Waals surface area contributed by atoms with Gasteiger partial charge in [-0.15, -0.1) is 0 Å². The van der Waals surface area contributed by atoms with Crippen molar-refractivity contribution in [2.45, 2.75) is 6.92 Å². The fraction of sp³-hybridized carbons (Fsp3) is 0.412. The van der Waals surface area contributed by atoms with Crippen LogP contribution in [0.1, 0.15) is 16.1 Å². The number of rotatable bonds is 1. The number of carbonyl (C=O) groups excluding carboxylic acids is 2. The van der Waals surface area contributed by atoms with Crippen LogP contribution in [0.15, 0.2) is 24.3 Å². The molecule has 0 radical (unpaired) electrons. The molecule has 0 bridgehead atoms. The third kappa shape index (κ3) is 2.54. The molecule has 3 rings (SSSR count). The molecule has 0 unspecified atom stereocenters. The lowest BCUT2D eigenvalue weighted by Crippen LogP contribution is -2.50. The smallest absolute Gasteiger partial charge is 0.409 e. The molecule has 2 amide bonds. The molecule has 0 saturated carbocycles. The van der Waals surface area contributed by atoms with E-state index in [-0.39, 0.29) is 12.0 Å². The molecule has 0 atom stereocenters. The monoisotopic (exact) mass is 315 g/mol. The molecule has 6 nitrogen and oxygen atoms in total. The molecule has 2 aromatic rings. The first-order valence-electron chi connectivity index (χ1n) is 7.70. The Bertz CT molecular complexity index is 758. The number of aromatic nitrogens is 1. The van der Waals surface area contributed by atoms with Crippen molar-refractivity contribution in [1.29, 1.82) is 0 Å². The van der Waals surface area contributed by atoms with Crippen molar-refractivity contribution >= 4 is 22.9 Å². The Kier molecular flexibility index (Phi) is 3.98. The van der Waals surface area contributed by atoms with Crippen molar-refractivity contribution < 1.29 is 14.3 Å². The number of benzene rings is 1. The zero-order valence-electron chi connectivity index (χ0n) is 13.7. The van der Waals surface area contributed by atoms with Crippen LogP contribution in [0.2, 0.25) is 0 Å². The summed E-state index contributed by atoms with van der Waals surface area (Å²) in [7, 11) is 3.35. The molecule has 0 spiro atoms. The summed E-state index contributed by atoms with van der Waals surface area (Å²) < 4.78 is 6.78. The van der Waals surface area contributed by atoms with Crippen LogP contribution in [0.3, 0.4) is 0 Å². The highest BCUT2D eigenvalue weighted by Crippen LogP contribution is 2.26. The van der Waals surface area contributed by atoms with Gasteiger partial charge in [-0.1, -0.05) is 18.2 Å². The molecule has 1 aliphatic rings. The lowest BCUT2D eigenvalue weighted by molar-refractivity contribution is 0.0600. The van der Waals surface area contributed by atoms with Gasteiger partial charge in [-0.05, 0) is 13.0 Å². The fourth-order valence-electron chi connectivity index (χ4n) is 3.17. The molecular formula is C17H21N3O3. The van der Waals surface area contributed by atoms with E-state index in [2.05, 4.69) is 0 Å². The summed E-state index contributed by atoms with van der Waals surface area (Å²) in [6.07, 6.45) is -0.335. The van der Waals surface area contributed by atoms with Gasteiger partial charge in [0.05, 0.1) is 12.7 Å². The maximum atomic E-state index is 13.0. The highest BCUT2D eigenvalue weighted by molar-refractivity contribution is 6.08. The highest BCUT2D eigenvalue weighted by Gasteiger charge is 2.28. The lowest BCUT2D eigenvalue weighted by atomic mass is 10.1. The number of carbonyl (C=O) groups is 2. The van der Waals surface area contributed by atoms with Crippen LogP contribution < -0.4 is 0 Å². The van der Waals surface area contributed by atoms with Crippen LogP contribution in [0.5, 0.6) is 0 Å². The number of piperazine rings is 1. The molecule has 0 aliphatic carbocycles. The van der Waals surface area contributed by atoms with Crippen molar-refractivity contribution in [3.63, 3.8) is 0 Å². The molecule has 1 aliphatic heterocycles. The summed E-state index contributed by atoms with van der Waals surface area (Å²) in [5.41, 5.74) is 2.78. The first kappa shape index (κ1) is 15.4. The van der Waals surface area contributed by atoms with E-state index in [0.29, 0.717) is 26.2 Å². The van der Waals surface area contributed by atoms with E-state index < -0.39 is 0 Å². The molecule has 23 heavy (non-hydrogen) atoms. The number of hydrogen-bond donors (Lipinski definition) is 0. The van der Waals surface area contributed by atoms with Crippen molar-refractivity contribution in [3.05, 3.63) is 35.5 Å². The predicted molar refractivity (Wildman–Crippen MR) is 87.5 cm³/mol. The average Bonchev–Trinajstić information content (AvgIpc) is 2.85. The minimum Gasteiger partial charge on any atom is -0.453 e. The molecular weight excluding hydrogens is 294 g/mol. The van der Waals surface area contributed by atoms with Crippen molar-refractivity contribution in [2.24, 2.45) is 7.05 Å². The van der Waals surface area contributed by atoms with Gasteiger partial charge in [0, 0.05) is 49.8 Å². The maximum absolute atomic E-state index is 13.0. The van der Waals surface area contributed by atoms with Gasteiger partial charge < -0.3 is 19.1 Å². The second kappa shape index (κ2) is 5.95. The summed E-state index contributed by atoms with van der Waals surface area (Å²) in [6.45, 7) is 4.02. The van der Waals surface area contributed by atoms with Gasteiger partial charge >= 0.3 is 6.09 Å². The topological polar surface area (TPSA) is 54.8 Å². The Labute approximate surface area is 135 Å². The highest BCUT2D eigenvalue weighted by atomic mass is 16.5. The normalized spacial score (nSPS) is 15.1. The van der Waals surface area contributed by atoms with Crippen LogP contribution in [-0.2, 0) is 11.8 Å². The molecule has 1 saturated heterocycles. The third-order valence-corrected chi connectivity index (χ3v) is 4.61. The van der Waals surface area contributed by atoms with E-state index in [4.69, 9.17) is 4.74 Å². The van der Waals surface area contributed by atoms with Gasteiger partial charge in [0.2, 0.25) is 0 Å². The number of amides is 2. The molecule has 0 N–H and O–H groups in total. The number of nitrogens with zero attached hydrogens (tertiary/aromatic N) is 3. The number of aryl methyl sites for hydroxylation is 1. The minimum absolute atomic E-state index is 0.0313. The number of methoxy groups -OCH3 is 1. The van der Waals surface area contributed by atoms with Gasteiger partial charge in [-0.2, -0.15) is 0 Å². The summed E-state index contributed by atoms with van der Waals surface area (Å²) in [6, 6.07) is 7.94. The molecule has 1 aromatic carbocycles. The van der Waals surface area contributed by atoms with Crippen LogP contribution >= 0.6 is 0 Å². The molecule has 2 heterocycles. The second-order valence-corrected chi connectivity index (χ2v) is 5.79. The van der Waals surface area contributed by atoms with Gasteiger partial charge in [0.25, 0.3) is 5.91 Å². The Hall–Kier alpha value is -2.50. The largest absolute Gasteiger partial charge is 0.453 e. The van der Waals surface area contributed by atoms with Crippen LogP contribution in [0.4, 0.5) is 4.79 Å². The van der Waals surface area contributed by atoms with E-state index in [1.165, 1.54) is 7.11 Å². The van der Waals surface area contributed by atoms with Gasteiger partial charge in [-0.25, -0.2) is 4.79 Å². The Morgan fingerprint density at radius 2 is 1.65 bits per heavy atom. The van der Waals surface area contributed by atoms with Crippen molar-refractivity contribution in [3.8, 4) is 0 Å². The summed E-state index contributed by atoms with van der Waals surface area (Å²) >= 11 is 0. The minimum atomic E-state index is -0.335. The van der Waals surface area contributed by atoms with E-state index in [0.717, 1.165) is 22.2 Å². The van der Waals surface area contributed by atoms with Crippen LogP contribution in [-0.4, -0.2) is 59.7 Å². The fourth-order valence-corrected chi connectivity index (χ4v) is 3.17. The molecule has 1 aromatic heterocycles. The van der Waals surface area contributed by atoms with Gasteiger partial charge in [0.15, 0.2) is 0 Å². The maximum Gasteiger partial charge on any atom is 0.409 e. The van der Waals surface area contributed by atoms with Gasteiger partial charge in [0.1, 0.15) is 0 Å². The number of hydrogen-bond acceptors (Lipinski definition) is 3. The van der Waals surface area contributed by atoms with E-state index in [1.807, 2.05) is 47.7 Å². The van der Waals surface area contributed by atoms with E-state index in [1.54, 1.807) is 4.90 Å². The van der Waals surface area contributed by atoms with E-state index >= 15 is 0 Å². The summed E-state index contributed by atoms with van der Waals surface area (Å²) in [4.78, 5) is 28.0. The predicted octanol–water partition coefficient (Wildman–Crippen LogP) is 2.01. The Morgan fingerprint density at radius 3 is 2.30 bits per heavy atom. The first-order valence-corrected chi connectivity index (χ1v) is 7.70. The second-order valence-electron chi connectivity index (χ2n) is 5.79. The third-order valence-electron chi connectivity index (χ3n) is 4.61. The SMILES string of the molecule is COC(=O)N1CCN(C(=O)c2c(C)n(C)c3ccccc23)CC1. The molecule has 6 heteroatoms. The first-order chi connectivity index (χ1) is 11.0. The quantitative estimate of drug-likeness (QED) is 0.809. The zero-order chi connectivity index (χ0) is 16.6. The van der Waals surface area contributed by atoms with Crippen molar-refractivity contribution in [2.75, 3.05) is 33.3 Å². The standard InChI is InChI=1S/C17H21N3O3/c1-12-15(13-6-4-5-7-14(13)18(12)2)16(21)19-8-10-20(11-9-19)17(22)23-3/h4-7H,8-11H2,1-3H3. The molecule has 1 fully saturated rings. The van der Waals surface area contributed by atoms with Crippen LogP contribution in [0, 0.1) is 6.92 Å².